The fraction of sp³-hybridized carbons (Fsp3) is 0.625. The molecule has 0 aromatic heterocycles. The summed E-state index contributed by atoms with van der Waals surface area (Å²) in [5.74, 6) is 0.669. The number of benzene rings is 1. The lowest BCUT2D eigenvalue weighted by atomic mass is 9.96. The standard InChI is InChI=1S/C16H26N2/c1-12-5-7-14(8-6-12)15-9-13(2)18(10-15)11-16(3,4)17/h5-8,13,15H,9-11,17H2,1-4H3. The van der Waals surface area contributed by atoms with E-state index in [9.17, 15) is 0 Å². The van der Waals surface area contributed by atoms with Crippen LogP contribution in [0.3, 0.4) is 0 Å². The average molecular weight is 246 g/mol. The molecule has 1 aliphatic rings. The highest BCUT2D eigenvalue weighted by atomic mass is 15.2. The fourth-order valence-corrected chi connectivity index (χ4v) is 2.92. The van der Waals surface area contributed by atoms with Gasteiger partial charge in [-0.2, -0.15) is 0 Å². The third-order valence-electron chi connectivity index (χ3n) is 3.86. The van der Waals surface area contributed by atoms with Crippen LogP contribution in [0, 0.1) is 6.92 Å². The largest absolute Gasteiger partial charge is 0.324 e. The first-order valence-corrected chi connectivity index (χ1v) is 6.95. The molecule has 2 N–H and O–H groups in total. The van der Waals surface area contributed by atoms with E-state index in [4.69, 9.17) is 5.73 Å². The third-order valence-corrected chi connectivity index (χ3v) is 3.86. The Labute approximate surface area is 111 Å². The molecular weight excluding hydrogens is 220 g/mol. The van der Waals surface area contributed by atoms with Gasteiger partial charge in [0, 0.05) is 24.7 Å². The van der Waals surface area contributed by atoms with Gasteiger partial charge in [0.2, 0.25) is 0 Å². The number of rotatable bonds is 3. The molecule has 2 rings (SSSR count). The SMILES string of the molecule is Cc1ccc(C2CC(C)N(CC(C)(C)N)C2)cc1. The van der Waals surface area contributed by atoms with Gasteiger partial charge in [0.1, 0.15) is 0 Å². The summed E-state index contributed by atoms with van der Waals surface area (Å²) in [4.78, 5) is 2.53. The van der Waals surface area contributed by atoms with Crippen molar-refractivity contribution in [2.45, 2.75) is 51.6 Å². The highest BCUT2D eigenvalue weighted by Gasteiger charge is 2.32. The summed E-state index contributed by atoms with van der Waals surface area (Å²) >= 11 is 0. The van der Waals surface area contributed by atoms with Crippen LogP contribution >= 0.6 is 0 Å². The Balaban J connectivity index is 2.04. The predicted molar refractivity (Wildman–Crippen MR) is 77.8 cm³/mol. The van der Waals surface area contributed by atoms with Gasteiger partial charge in [-0.3, -0.25) is 4.90 Å². The summed E-state index contributed by atoms with van der Waals surface area (Å²) in [6.07, 6.45) is 1.25. The van der Waals surface area contributed by atoms with Gasteiger partial charge in [0.25, 0.3) is 0 Å². The zero-order chi connectivity index (χ0) is 13.3. The van der Waals surface area contributed by atoms with Gasteiger partial charge in [-0.05, 0) is 45.6 Å². The summed E-state index contributed by atoms with van der Waals surface area (Å²) in [5, 5.41) is 0. The van der Waals surface area contributed by atoms with E-state index >= 15 is 0 Å². The van der Waals surface area contributed by atoms with Crippen LogP contribution in [0.5, 0.6) is 0 Å². The van der Waals surface area contributed by atoms with Gasteiger partial charge in [0.15, 0.2) is 0 Å². The van der Waals surface area contributed by atoms with Crippen LogP contribution in [-0.2, 0) is 0 Å². The molecule has 0 saturated carbocycles. The second-order valence-electron chi connectivity index (χ2n) is 6.61. The molecule has 2 heteroatoms. The number of nitrogens with zero attached hydrogens (tertiary/aromatic N) is 1. The molecule has 18 heavy (non-hydrogen) atoms. The maximum Gasteiger partial charge on any atom is 0.0226 e. The molecule has 0 spiro atoms. The Bertz CT molecular complexity index is 389. The smallest absolute Gasteiger partial charge is 0.0226 e. The van der Waals surface area contributed by atoms with Crippen molar-refractivity contribution in [3.05, 3.63) is 35.4 Å². The Kier molecular flexibility index (Phi) is 3.79. The molecule has 1 aromatic carbocycles. The molecule has 1 saturated heterocycles. The van der Waals surface area contributed by atoms with E-state index < -0.39 is 0 Å². The lowest BCUT2D eigenvalue weighted by Crippen LogP contribution is -2.46. The molecule has 1 fully saturated rings. The highest BCUT2D eigenvalue weighted by Crippen LogP contribution is 2.32. The maximum atomic E-state index is 6.14. The van der Waals surface area contributed by atoms with Crippen molar-refractivity contribution in [3.8, 4) is 0 Å². The van der Waals surface area contributed by atoms with Crippen LogP contribution in [0.25, 0.3) is 0 Å². The molecule has 2 nitrogen and oxygen atoms in total. The molecule has 1 aliphatic heterocycles. The zero-order valence-corrected chi connectivity index (χ0v) is 12.1. The van der Waals surface area contributed by atoms with Gasteiger partial charge < -0.3 is 5.73 Å². The number of likely N-dealkylation sites (tertiary alicyclic amines) is 1. The topological polar surface area (TPSA) is 29.3 Å². The molecule has 0 amide bonds. The van der Waals surface area contributed by atoms with Crippen molar-refractivity contribution in [2.75, 3.05) is 13.1 Å². The summed E-state index contributed by atoms with van der Waals surface area (Å²) < 4.78 is 0. The number of aryl methyl sites for hydroxylation is 1. The van der Waals surface area contributed by atoms with Crippen LogP contribution in [0.4, 0.5) is 0 Å². The maximum absolute atomic E-state index is 6.14. The molecule has 1 aromatic rings. The van der Waals surface area contributed by atoms with E-state index in [0.717, 1.165) is 13.1 Å². The van der Waals surface area contributed by atoms with E-state index in [2.05, 4.69) is 56.9 Å². The Morgan fingerprint density at radius 1 is 1.28 bits per heavy atom. The van der Waals surface area contributed by atoms with Crippen LogP contribution in [0.15, 0.2) is 24.3 Å². The van der Waals surface area contributed by atoms with Gasteiger partial charge >= 0.3 is 0 Å². The van der Waals surface area contributed by atoms with E-state index in [1.807, 2.05) is 0 Å². The van der Waals surface area contributed by atoms with Crippen LogP contribution in [0.1, 0.15) is 44.2 Å². The van der Waals surface area contributed by atoms with E-state index in [-0.39, 0.29) is 5.54 Å². The zero-order valence-electron chi connectivity index (χ0n) is 12.1. The fourth-order valence-electron chi connectivity index (χ4n) is 2.92. The molecule has 1 heterocycles. The van der Waals surface area contributed by atoms with Crippen LogP contribution < -0.4 is 5.73 Å². The normalized spacial score (nSPS) is 25.6. The van der Waals surface area contributed by atoms with Gasteiger partial charge in [-0.15, -0.1) is 0 Å². The number of hydrogen-bond acceptors (Lipinski definition) is 2. The molecule has 0 radical (unpaired) electrons. The lowest BCUT2D eigenvalue weighted by Gasteiger charge is -2.29. The van der Waals surface area contributed by atoms with Crippen molar-refractivity contribution in [3.63, 3.8) is 0 Å². The number of nitrogens with two attached hydrogens (primary N) is 1. The summed E-state index contributed by atoms with van der Waals surface area (Å²) in [5.41, 5.74) is 8.85. The summed E-state index contributed by atoms with van der Waals surface area (Å²) in [6.45, 7) is 10.8. The second-order valence-corrected chi connectivity index (χ2v) is 6.61. The monoisotopic (exact) mass is 246 g/mol. The minimum Gasteiger partial charge on any atom is -0.324 e. The second kappa shape index (κ2) is 5.02. The minimum atomic E-state index is -0.101. The quantitative estimate of drug-likeness (QED) is 0.888. The van der Waals surface area contributed by atoms with Crippen molar-refractivity contribution >= 4 is 0 Å². The lowest BCUT2D eigenvalue weighted by molar-refractivity contribution is 0.219. The Morgan fingerprint density at radius 3 is 2.44 bits per heavy atom. The summed E-state index contributed by atoms with van der Waals surface area (Å²) in [7, 11) is 0. The molecule has 2 unspecified atom stereocenters. The first kappa shape index (κ1) is 13.6. The predicted octanol–water partition coefficient (Wildman–Crippen LogP) is 2.91. The first-order valence-electron chi connectivity index (χ1n) is 6.95. The van der Waals surface area contributed by atoms with E-state index in [0.29, 0.717) is 12.0 Å². The molecule has 0 aliphatic carbocycles. The molecule has 0 bridgehead atoms. The first-order chi connectivity index (χ1) is 8.35. The molecule has 2 atom stereocenters. The van der Waals surface area contributed by atoms with E-state index in [1.54, 1.807) is 0 Å². The molecule has 100 valence electrons. The highest BCUT2D eigenvalue weighted by molar-refractivity contribution is 5.26. The third kappa shape index (κ3) is 3.33. The number of hydrogen-bond donors (Lipinski definition) is 1. The van der Waals surface area contributed by atoms with Crippen molar-refractivity contribution < 1.29 is 0 Å². The van der Waals surface area contributed by atoms with Gasteiger partial charge in [-0.25, -0.2) is 0 Å². The average Bonchev–Trinajstić information content (AvgIpc) is 2.59. The van der Waals surface area contributed by atoms with Crippen molar-refractivity contribution in [1.82, 2.24) is 4.90 Å². The van der Waals surface area contributed by atoms with Crippen molar-refractivity contribution in [1.29, 1.82) is 0 Å². The van der Waals surface area contributed by atoms with Gasteiger partial charge in [-0.1, -0.05) is 29.8 Å². The van der Waals surface area contributed by atoms with Gasteiger partial charge in [0.05, 0.1) is 0 Å². The minimum absolute atomic E-state index is 0.101. The van der Waals surface area contributed by atoms with E-state index in [1.165, 1.54) is 17.5 Å². The molecular formula is C16H26N2. The summed E-state index contributed by atoms with van der Waals surface area (Å²) in [6, 6.07) is 9.64. The van der Waals surface area contributed by atoms with Crippen LogP contribution in [-0.4, -0.2) is 29.6 Å². The van der Waals surface area contributed by atoms with Crippen LogP contribution in [0.2, 0.25) is 0 Å². The van der Waals surface area contributed by atoms with Crippen molar-refractivity contribution in [2.24, 2.45) is 5.73 Å². The Hall–Kier alpha value is -0.860. The Morgan fingerprint density at radius 2 is 1.89 bits per heavy atom.